The molecule has 1 aliphatic heterocycles. The fraction of sp³-hybridized carbons (Fsp3) is 0.417. The summed E-state index contributed by atoms with van der Waals surface area (Å²) in [5.74, 6) is 0.986. The van der Waals surface area contributed by atoms with E-state index >= 15 is 0 Å². The fourth-order valence-corrected chi connectivity index (χ4v) is 2.12. The van der Waals surface area contributed by atoms with Gasteiger partial charge in [0.05, 0.1) is 11.9 Å². The number of aromatic nitrogens is 4. The molecule has 0 amide bonds. The van der Waals surface area contributed by atoms with Crippen LogP contribution in [-0.4, -0.2) is 46.3 Å². The number of nitrogens with one attached hydrogen (secondary N) is 2. The third-order valence-corrected chi connectivity index (χ3v) is 3.07. The molecule has 3 rings (SSSR count). The highest BCUT2D eigenvalue weighted by Gasteiger charge is 2.13. The topological polar surface area (TPSA) is 69.7 Å². The molecule has 0 spiro atoms. The van der Waals surface area contributed by atoms with Crippen LogP contribution in [-0.2, 0) is 0 Å². The minimum atomic E-state index is 0.823. The molecule has 6 heteroatoms. The number of aromatic amines is 1. The maximum absolute atomic E-state index is 4.36. The Labute approximate surface area is 105 Å². The van der Waals surface area contributed by atoms with E-state index in [-0.39, 0.29) is 0 Å². The lowest BCUT2D eigenvalue weighted by Gasteiger charge is -2.18. The van der Waals surface area contributed by atoms with E-state index in [1.165, 1.54) is 0 Å². The Kier molecular flexibility index (Phi) is 3.18. The van der Waals surface area contributed by atoms with Crippen molar-refractivity contribution in [2.75, 3.05) is 31.1 Å². The summed E-state index contributed by atoms with van der Waals surface area (Å²) in [6, 6.07) is 2.04. The SMILES string of the molecule is c1cnc(-c2cc(N3CCCNCC3)n[nH]2)cn1. The van der Waals surface area contributed by atoms with Crippen LogP contribution in [0.25, 0.3) is 11.4 Å². The van der Waals surface area contributed by atoms with E-state index in [4.69, 9.17) is 0 Å². The fourth-order valence-electron chi connectivity index (χ4n) is 2.12. The van der Waals surface area contributed by atoms with Crippen molar-refractivity contribution < 1.29 is 0 Å². The van der Waals surface area contributed by atoms with Crippen LogP contribution in [0.2, 0.25) is 0 Å². The van der Waals surface area contributed by atoms with Crippen molar-refractivity contribution in [3.8, 4) is 11.4 Å². The summed E-state index contributed by atoms with van der Waals surface area (Å²) >= 11 is 0. The van der Waals surface area contributed by atoms with Crippen LogP contribution in [0.15, 0.2) is 24.7 Å². The molecule has 0 saturated carbocycles. The number of hydrogen-bond donors (Lipinski definition) is 2. The van der Waals surface area contributed by atoms with Crippen molar-refractivity contribution >= 4 is 5.82 Å². The van der Waals surface area contributed by atoms with Gasteiger partial charge in [-0.25, -0.2) is 0 Å². The maximum Gasteiger partial charge on any atom is 0.151 e. The average molecular weight is 244 g/mol. The Morgan fingerprint density at radius 2 is 2.17 bits per heavy atom. The second-order valence-corrected chi connectivity index (χ2v) is 4.32. The van der Waals surface area contributed by atoms with Gasteiger partial charge in [0.2, 0.25) is 0 Å². The second-order valence-electron chi connectivity index (χ2n) is 4.32. The van der Waals surface area contributed by atoms with Gasteiger partial charge in [-0.15, -0.1) is 0 Å². The number of nitrogens with zero attached hydrogens (tertiary/aromatic N) is 4. The largest absolute Gasteiger partial charge is 0.354 e. The van der Waals surface area contributed by atoms with Crippen molar-refractivity contribution in [1.82, 2.24) is 25.5 Å². The summed E-state index contributed by atoms with van der Waals surface area (Å²) in [5.41, 5.74) is 1.74. The normalized spacial score (nSPS) is 16.6. The van der Waals surface area contributed by atoms with Crippen LogP contribution in [0, 0.1) is 0 Å². The minimum absolute atomic E-state index is 0.823. The first-order valence-corrected chi connectivity index (χ1v) is 6.21. The molecular weight excluding hydrogens is 228 g/mol. The van der Waals surface area contributed by atoms with E-state index in [0.717, 1.165) is 49.8 Å². The van der Waals surface area contributed by atoms with E-state index in [2.05, 4.69) is 30.4 Å². The quantitative estimate of drug-likeness (QED) is 0.812. The Hall–Kier alpha value is -1.95. The van der Waals surface area contributed by atoms with Gasteiger partial charge in [-0.3, -0.25) is 15.1 Å². The van der Waals surface area contributed by atoms with Crippen molar-refractivity contribution in [1.29, 1.82) is 0 Å². The molecule has 1 saturated heterocycles. The summed E-state index contributed by atoms with van der Waals surface area (Å²) in [4.78, 5) is 10.6. The zero-order valence-electron chi connectivity index (χ0n) is 10.1. The van der Waals surface area contributed by atoms with Crippen LogP contribution >= 0.6 is 0 Å². The van der Waals surface area contributed by atoms with Crippen molar-refractivity contribution in [3.63, 3.8) is 0 Å². The molecule has 94 valence electrons. The summed E-state index contributed by atoms with van der Waals surface area (Å²) in [6.45, 7) is 4.12. The molecule has 0 atom stereocenters. The molecule has 2 aromatic heterocycles. The average Bonchev–Trinajstić information content (AvgIpc) is 2.76. The molecular formula is C12H16N6. The molecule has 1 fully saturated rings. The molecule has 0 radical (unpaired) electrons. The van der Waals surface area contributed by atoms with E-state index in [0.29, 0.717) is 0 Å². The van der Waals surface area contributed by atoms with Crippen molar-refractivity contribution in [2.24, 2.45) is 0 Å². The summed E-state index contributed by atoms with van der Waals surface area (Å²) in [6.07, 6.45) is 6.24. The van der Waals surface area contributed by atoms with E-state index < -0.39 is 0 Å². The Bertz CT molecular complexity index is 486. The van der Waals surface area contributed by atoms with Crippen LogP contribution in [0.4, 0.5) is 5.82 Å². The molecule has 3 heterocycles. The molecule has 18 heavy (non-hydrogen) atoms. The van der Waals surface area contributed by atoms with Crippen LogP contribution in [0.5, 0.6) is 0 Å². The Balaban J connectivity index is 1.80. The maximum atomic E-state index is 4.36. The number of H-pyrrole nitrogens is 1. The van der Waals surface area contributed by atoms with Gasteiger partial charge in [0, 0.05) is 38.1 Å². The molecule has 2 N–H and O–H groups in total. The molecule has 1 aliphatic rings. The minimum Gasteiger partial charge on any atom is -0.354 e. The van der Waals surface area contributed by atoms with Crippen LogP contribution < -0.4 is 10.2 Å². The first-order valence-electron chi connectivity index (χ1n) is 6.21. The third kappa shape index (κ3) is 2.33. The molecule has 0 unspecified atom stereocenters. The van der Waals surface area contributed by atoms with Gasteiger partial charge in [-0.05, 0) is 13.0 Å². The van der Waals surface area contributed by atoms with Crippen molar-refractivity contribution in [3.05, 3.63) is 24.7 Å². The zero-order valence-corrected chi connectivity index (χ0v) is 10.1. The van der Waals surface area contributed by atoms with Gasteiger partial charge in [-0.2, -0.15) is 5.10 Å². The van der Waals surface area contributed by atoms with Gasteiger partial charge >= 0.3 is 0 Å². The van der Waals surface area contributed by atoms with Crippen molar-refractivity contribution in [2.45, 2.75) is 6.42 Å². The zero-order chi connectivity index (χ0) is 12.2. The van der Waals surface area contributed by atoms with E-state index in [1.54, 1.807) is 18.6 Å². The summed E-state index contributed by atoms with van der Waals surface area (Å²) in [5, 5.41) is 10.8. The lowest BCUT2D eigenvalue weighted by Crippen LogP contribution is -2.28. The molecule has 2 aromatic rings. The highest BCUT2D eigenvalue weighted by molar-refractivity contribution is 5.58. The first kappa shape index (κ1) is 11.2. The highest BCUT2D eigenvalue weighted by atomic mass is 15.3. The summed E-state index contributed by atoms with van der Waals surface area (Å²) < 4.78 is 0. The van der Waals surface area contributed by atoms with Gasteiger partial charge in [0.25, 0.3) is 0 Å². The van der Waals surface area contributed by atoms with Gasteiger partial charge in [-0.1, -0.05) is 0 Å². The lowest BCUT2D eigenvalue weighted by atomic mass is 10.3. The van der Waals surface area contributed by atoms with E-state index in [9.17, 15) is 0 Å². The first-order chi connectivity index (χ1) is 8.93. The second kappa shape index (κ2) is 5.14. The van der Waals surface area contributed by atoms with E-state index in [1.807, 2.05) is 6.07 Å². The number of anilines is 1. The smallest absolute Gasteiger partial charge is 0.151 e. The predicted octanol–water partition coefficient (Wildman–Crippen LogP) is 0.666. The monoisotopic (exact) mass is 244 g/mol. The summed E-state index contributed by atoms with van der Waals surface area (Å²) in [7, 11) is 0. The molecule has 0 aliphatic carbocycles. The number of rotatable bonds is 2. The van der Waals surface area contributed by atoms with Gasteiger partial charge in [0.15, 0.2) is 5.82 Å². The van der Waals surface area contributed by atoms with Crippen LogP contribution in [0.3, 0.4) is 0 Å². The third-order valence-electron chi connectivity index (χ3n) is 3.07. The lowest BCUT2D eigenvalue weighted by molar-refractivity contribution is 0.724. The standard InChI is InChI=1S/C12H16N6/c1-2-13-5-7-18(6-1)12-8-10(16-17-12)11-9-14-3-4-15-11/h3-4,8-9,13H,1-2,5-7H2,(H,16,17). The molecule has 0 bridgehead atoms. The molecule has 0 aromatic carbocycles. The van der Waals surface area contributed by atoms with Gasteiger partial charge in [0.1, 0.15) is 5.69 Å². The Morgan fingerprint density at radius 3 is 3.06 bits per heavy atom. The number of hydrogen-bond acceptors (Lipinski definition) is 5. The Morgan fingerprint density at radius 1 is 1.17 bits per heavy atom. The van der Waals surface area contributed by atoms with Gasteiger partial charge < -0.3 is 10.2 Å². The predicted molar refractivity (Wildman–Crippen MR) is 69.3 cm³/mol. The molecule has 6 nitrogen and oxygen atoms in total. The highest BCUT2D eigenvalue weighted by Crippen LogP contribution is 2.19. The van der Waals surface area contributed by atoms with Crippen LogP contribution in [0.1, 0.15) is 6.42 Å².